The lowest BCUT2D eigenvalue weighted by molar-refractivity contribution is -0.274. The lowest BCUT2D eigenvalue weighted by atomic mass is 10.1. The van der Waals surface area contributed by atoms with Crippen molar-refractivity contribution in [1.29, 1.82) is 0 Å². The molecule has 18 heavy (non-hydrogen) atoms. The predicted molar refractivity (Wildman–Crippen MR) is 52.5 cm³/mol. The van der Waals surface area contributed by atoms with E-state index >= 15 is 0 Å². The van der Waals surface area contributed by atoms with Gasteiger partial charge in [-0.3, -0.25) is 0 Å². The number of benzene rings is 1. The topological polar surface area (TPSA) is 26.3 Å². The highest BCUT2D eigenvalue weighted by atomic mass is 19.4. The van der Waals surface area contributed by atoms with Gasteiger partial charge in [0.25, 0.3) is 6.43 Å². The number of hydrogen-bond acceptors (Lipinski definition) is 2. The number of halogens is 5. The first kappa shape index (κ1) is 14.4. The summed E-state index contributed by atoms with van der Waals surface area (Å²) in [4.78, 5) is 10.2. The summed E-state index contributed by atoms with van der Waals surface area (Å²) in [7, 11) is 0. The monoisotopic (exact) mass is 268 g/mol. The van der Waals surface area contributed by atoms with Crippen molar-refractivity contribution in [2.75, 3.05) is 0 Å². The third-order valence-electron chi connectivity index (χ3n) is 2.09. The van der Waals surface area contributed by atoms with Crippen molar-refractivity contribution in [2.45, 2.75) is 25.6 Å². The summed E-state index contributed by atoms with van der Waals surface area (Å²) in [6, 6.07) is 2.60. The second-order valence-corrected chi connectivity index (χ2v) is 3.42. The van der Waals surface area contributed by atoms with Crippen LogP contribution in [-0.2, 0) is 11.2 Å². The van der Waals surface area contributed by atoms with Gasteiger partial charge < -0.3 is 9.53 Å². The molecule has 0 aliphatic heterocycles. The van der Waals surface area contributed by atoms with E-state index in [0.29, 0.717) is 6.29 Å². The summed E-state index contributed by atoms with van der Waals surface area (Å²) < 4.78 is 64.7. The minimum Gasteiger partial charge on any atom is -0.406 e. The third-order valence-corrected chi connectivity index (χ3v) is 2.09. The molecule has 1 aromatic rings. The summed E-state index contributed by atoms with van der Waals surface area (Å²) in [5.74, 6) is -0.561. The quantitative estimate of drug-likeness (QED) is 0.601. The molecule has 7 heteroatoms. The van der Waals surface area contributed by atoms with Crippen LogP contribution in [0.25, 0.3) is 0 Å². The molecule has 0 radical (unpaired) electrons. The average molecular weight is 268 g/mol. The fourth-order valence-corrected chi connectivity index (χ4v) is 1.37. The molecule has 0 unspecified atom stereocenters. The van der Waals surface area contributed by atoms with Gasteiger partial charge in [-0.15, -0.1) is 13.2 Å². The smallest absolute Gasteiger partial charge is 0.406 e. The van der Waals surface area contributed by atoms with Crippen LogP contribution in [0, 0.1) is 0 Å². The number of hydrogen-bond donors (Lipinski definition) is 0. The van der Waals surface area contributed by atoms with Gasteiger partial charge in [-0.1, -0.05) is 0 Å². The van der Waals surface area contributed by atoms with E-state index in [1.807, 2.05) is 0 Å². The first-order valence-corrected chi connectivity index (χ1v) is 4.94. The van der Waals surface area contributed by atoms with Crippen molar-refractivity contribution in [3.05, 3.63) is 29.3 Å². The van der Waals surface area contributed by atoms with E-state index in [2.05, 4.69) is 4.74 Å². The molecular weight excluding hydrogens is 259 g/mol. The van der Waals surface area contributed by atoms with Crippen LogP contribution in [0.4, 0.5) is 22.0 Å². The molecule has 0 heterocycles. The summed E-state index contributed by atoms with van der Waals surface area (Å²) in [5, 5.41) is 0. The Morgan fingerprint density at radius 1 is 1.28 bits per heavy atom. The zero-order chi connectivity index (χ0) is 13.8. The van der Waals surface area contributed by atoms with Gasteiger partial charge >= 0.3 is 6.36 Å². The van der Waals surface area contributed by atoms with Crippen molar-refractivity contribution in [3.8, 4) is 5.75 Å². The lowest BCUT2D eigenvalue weighted by Gasteiger charge is -2.14. The van der Waals surface area contributed by atoms with Gasteiger partial charge in [-0.25, -0.2) is 8.78 Å². The van der Waals surface area contributed by atoms with Gasteiger partial charge in [0.05, 0.1) is 0 Å². The summed E-state index contributed by atoms with van der Waals surface area (Å²) >= 11 is 0. The molecule has 0 atom stereocenters. The van der Waals surface area contributed by atoms with Crippen LogP contribution in [-0.4, -0.2) is 12.6 Å². The lowest BCUT2D eigenvalue weighted by Crippen LogP contribution is -2.18. The maximum Gasteiger partial charge on any atom is 0.573 e. The molecule has 0 saturated carbocycles. The number of carbonyl (C=O) groups is 1. The Balaban J connectivity index is 3.04. The standard InChI is InChI=1S/C11H9F5O2/c12-10(13)8-3-4-9(18-11(14,15)16)7(6-8)2-1-5-17/h3-6,10H,1-2H2. The molecule has 0 spiro atoms. The summed E-state index contributed by atoms with van der Waals surface area (Å²) in [6.07, 6.45) is -7.36. The van der Waals surface area contributed by atoms with Crippen LogP contribution in [0.15, 0.2) is 18.2 Å². The second-order valence-electron chi connectivity index (χ2n) is 3.42. The minimum atomic E-state index is -4.90. The molecule has 2 nitrogen and oxygen atoms in total. The van der Waals surface area contributed by atoms with Gasteiger partial charge in [0.15, 0.2) is 0 Å². The van der Waals surface area contributed by atoms with Gasteiger partial charge in [0, 0.05) is 12.0 Å². The van der Waals surface area contributed by atoms with Crippen molar-refractivity contribution >= 4 is 6.29 Å². The number of rotatable bonds is 5. The normalized spacial score (nSPS) is 11.7. The zero-order valence-corrected chi connectivity index (χ0v) is 9.01. The van der Waals surface area contributed by atoms with Gasteiger partial charge in [-0.2, -0.15) is 0 Å². The largest absolute Gasteiger partial charge is 0.573 e. The van der Waals surface area contributed by atoms with E-state index < -0.39 is 24.1 Å². The van der Waals surface area contributed by atoms with Crippen LogP contribution in [0.1, 0.15) is 24.0 Å². The van der Waals surface area contributed by atoms with Gasteiger partial charge in [-0.05, 0) is 30.2 Å². The Kier molecular flexibility index (Phi) is 4.63. The molecule has 0 aromatic heterocycles. The van der Waals surface area contributed by atoms with Crippen LogP contribution >= 0.6 is 0 Å². The average Bonchev–Trinajstić information content (AvgIpc) is 2.25. The van der Waals surface area contributed by atoms with Crippen LogP contribution < -0.4 is 4.74 Å². The fraction of sp³-hybridized carbons (Fsp3) is 0.364. The molecule has 0 fully saturated rings. The van der Waals surface area contributed by atoms with Crippen LogP contribution in [0.3, 0.4) is 0 Å². The van der Waals surface area contributed by atoms with Crippen molar-refractivity contribution in [3.63, 3.8) is 0 Å². The van der Waals surface area contributed by atoms with E-state index in [0.717, 1.165) is 18.2 Å². The molecule has 1 aromatic carbocycles. The maximum absolute atomic E-state index is 12.4. The fourth-order valence-electron chi connectivity index (χ4n) is 1.37. The Bertz CT molecular complexity index is 414. The zero-order valence-electron chi connectivity index (χ0n) is 9.01. The summed E-state index contributed by atoms with van der Waals surface area (Å²) in [5.41, 5.74) is -0.484. The number of ether oxygens (including phenoxy) is 1. The van der Waals surface area contributed by atoms with Crippen LogP contribution in [0.5, 0.6) is 5.75 Å². The molecular formula is C11H9F5O2. The highest BCUT2D eigenvalue weighted by molar-refractivity contribution is 5.51. The minimum absolute atomic E-state index is 0.0685. The van der Waals surface area contributed by atoms with E-state index in [4.69, 9.17) is 0 Å². The van der Waals surface area contributed by atoms with Crippen molar-refractivity contribution < 1.29 is 31.5 Å². The van der Waals surface area contributed by atoms with Gasteiger partial charge in [0.1, 0.15) is 12.0 Å². The first-order valence-electron chi connectivity index (χ1n) is 4.94. The van der Waals surface area contributed by atoms with E-state index in [9.17, 15) is 26.7 Å². The Hall–Kier alpha value is -1.66. The second kappa shape index (κ2) is 5.79. The number of aryl methyl sites for hydroxylation is 1. The maximum atomic E-state index is 12.4. The molecule has 0 N–H and O–H groups in total. The molecule has 0 saturated heterocycles. The third kappa shape index (κ3) is 4.31. The predicted octanol–water partition coefficient (Wildman–Crippen LogP) is 3.65. The summed E-state index contributed by atoms with van der Waals surface area (Å²) in [6.45, 7) is 0. The number of aldehydes is 1. The Morgan fingerprint density at radius 2 is 1.94 bits per heavy atom. The SMILES string of the molecule is O=CCCc1cc(C(F)F)ccc1OC(F)(F)F. The Morgan fingerprint density at radius 3 is 2.44 bits per heavy atom. The van der Waals surface area contributed by atoms with Crippen LogP contribution in [0.2, 0.25) is 0 Å². The number of alkyl halides is 5. The Labute approximate surface area is 99.4 Å². The molecule has 0 bridgehead atoms. The molecule has 0 aliphatic carbocycles. The molecule has 1 rings (SSSR count). The van der Waals surface area contributed by atoms with Crippen molar-refractivity contribution in [1.82, 2.24) is 0 Å². The first-order chi connectivity index (χ1) is 8.33. The van der Waals surface area contributed by atoms with Crippen molar-refractivity contribution in [2.24, 2.45) is 0 Å². The molecule has 100 valence electrons. The van der Waals surface area contributed by atoms with E-state index in [-0.39, 0.29) is 18.4 Å². The van der Waals surface area contributed by atoms with Gasteiger partial charge in [0.2, 0.25) is 0 Å². The molecule has 0 amide bonds. The molecule has 0 aliphatic rings. The highest BCUT2D eigenvalue weighted by Crippen LogP contribution is 2.30. The number of carbonyl (C=O) groups excluding carboxylic acids is 1. The van der Waals surface area contributed by atoms with E-state index in [1.165, 1.54) is 0 Å². The highest BCUT2D eigenvalue weighted by Gasteiger charge is 2.32. The van der Waals surface area contributed by atoms with E-state index in [1.54, 1.807) is 0 Å².